The van der Waals surface area contributed by atoms with E-state index in [0.717, 1.165) is 5.56 Å². The highest BCUT2D eigenvalue weighted by molar-refractivity contribution is 6.46. The van der Waals surface area contributed by atoms with Crippen molar-refractivity contribution in [2.75, 3.05) is 27.4 Å². The van der Waals surface area contributed by atoms with E-state index in [2.05, 4.69) is 0 Å². The highest BCUT2D eigenvalue weighted by atomic mass is 35.5. The molecule has 1 saturated heterocycles. The Morgan fingerprint density at radius 1 is 1.10 bits per heavy atom. The molecule has 1 unspecified atom stereocenters. The first kappa shape index (κ1) is 23.1. The molecule has 164 valence electrons. The smallest absolute Gasteiger partial charge is 0.295 e. The summed E-state index contributed by atoms with van der Waals surface area (Å²) in [6, 6.07) is 9.16. The van der Waals surface area contributed by atoms with Gasteiger partial charge in [-0.05, 0) is 54.8 Å². The predicted octanol–water partition coefficient (Wildman–Crippen LogP) is 4.77. The number of aliphatic hydroxyl groups excluding tert-OH is 1. The molecule has 6 nitrogen and oxygen atoms in total. The van der Waals surface area contributed by atoms with E-state index in [1.54, 1.807) is 50.6 Å². The van der Waals surface area contributed by atoms with Crippen LogP contribution in [0, 0.1) is 6.92 Å². The van der Waals surface area contributed by atoms with Crippen molar-refractivity contribution in [2.24, 2.45) is 0 Å². The number of methoxy groups -OCH3 is 2. The topological polar surface area (TPSA) is 76.1 Å². The van der Waals surface area contributed by atoms with Gasteiger partial charge in [-0.25, -0.2) is 0 Å². The van der Waals surface area contributed by atoms with Gasteiger partial charge in [0.25, 0.3) is 11.7 Å². The third-order valence-corrected chi connectivity index (χ3v) is 5.95. The van der Waals surface area contributed by atoms with Crippen LogP contribution in [0.15, 0.2) is 42.0 Å². The molecule has 0 spiro atoms. The number of aryl methyl sites for hydroxylation is 1. The summed E-state index contributed by atoms with van der Waals surface area (Å²) in [6.45, 7) is 2.53. The van der Waals surface area contributed by atoms with E-state index < -0.39 is 17.7 Å². The van der Waals surface area contributed by atoms with Gasteiger partial charge in [-0.15, -0.1) is 0 Å². The second-order valence-electron chi connectivity index (χ2n) is 7.20. The molecule has 1 aliphatic rings. The van der Waals surface area contributed by atoms with Crippen LogP contribution in [0.5, 0.6) is 5.75 Å². The van der Waals surface area contributed by atoms with Crippen LogP contribution in [0.25, 0.3) is 5.76 Å². The Morgan fingerprint density at radius 2 is 1.84 bits per heavy atom. The van der Waals surface area contributed by atoms with E-state index in [0.29, 0.717) is 39.9 Å². The van der Waals surface area contributed by atoms with Crippen LogP contribution in [-0.4, -0.2) is 49.1 Å². The van der Waals surface area contributed by atoms with Gasteiger partial charge in [0.1, 0.15) is 11.5 Å². The van der Waals surface area contributed by atoms with Crippen LogP contribution in [0.1, 0.15) is 29.2 Å². The summed E-state index contributed by atoms with van der Waals surface area (Å²) in [5.74, 6) is -1.04. The molecule has 8 heteroatoms. The van der Waals surface area contributed by atoms with Crippen LogP contribution in [-0.2, 0) is 14.3 Å². The van der Waals surface area contributed by atoms with Crippen molar-refractivity contribution in [3.63, 3.8) is 0 Å². The molecule has 2 aromatic carbocycles. The number of hydrogen-bond acceptors (Lipinski definition) is 5. The third-order valence-electron chi connectivity index (χ3n) is 5.22. The minimum Gasteiger partial charge on any atom is -0.507 e. The van der Waals surface area contributed by atoms with Crippen LogP contribution in [0.4, 0.5) is 0 Å². The summed E-state index contributed by atoms with van der Waals surface area (Å²) in [5, 5.41) is 11.7. The SMILES string of the molecule is COCCCN1C(=O)C(=O)/C(=C(/O)c2ccc(OC)c(C)c2)C1c1ccc(Cl)c(Cl)c1. The summed E-state index contributed by atoms with van der Waals surface area (Å²) in [4.78, 5) is 27.3. The lowest BCUT2D eigenvalue weighted by atomic mass is 9.94. The first-order chi connectivity index (χ1) is 14.8. The van der Waals surface area contributed by atoms with Gasteiger partial charge < -0.3 is 19.5 Å². The van der Waals surface area contributed by atoms with Crippen LogP contribution in [0.2, 0.25) is 10.0 Å². The number of carbonyl (C=O) groups is 2. The number of likely N-dealkylation sites (tertiary alicyclic amines) is 1. The number of rotatable bonds is 7. The zero-order chi connectivity index (χ0) is 22.7. The highest BCUT2D eigenvalue weighted by Gasteiger charge is 2.45. The van der Waals surface area contributed by atoms with E-state index in [4.69, 9.17) is 32.7 Å². The minimum absolute atomic E-state index is 0.00497. The molecule has 0 saturated carbocycles. The van der Waals surface area contributed by atoms with Gasteiger partial charge in [0.15, 0.2) is 0 Å². The van der Waals surface area contributed by atoms with Crippen molar-refractivity contribution in [3.05, 3.63) is 68.7 Å². The highest BCUT2D eigenvalue weighted by Crippen LogP contribution is 2.41. The average Bonchev–Trinajstić information content (AvgIpc) is 3.00. The first-order valence-corrected chi connectivity index (χ1v) is 10.4. The largest absolute Gasteiger partial charge is 0.507 e. The van der Waals surface area contributed by atoms with Crippen LogP contribution < -0.4 is 4.74 Å². The summed E-state index contributed by atoms with van der Waals surface area (Å²) in [6.07, 6.45) is 0.531. The first-order valence-electron chi connectivity index (χ1n) is 9.67. The Bertz CT molecular complexity index is 1050. The maximum Gasteiger partial charge on any atom is 0.295 e. The maximum absolute atomic E-state index is 13.0. The third kappa shape index (κ3) is 4.56. The monoisotopic (exact) mass is 463 g/mol. The Hall–Kier alpha value is -2.54. The second kappa shape index (κ2) is 9.73. The van der Waals surface area contributed by atoms with E-state index >= 15 is 0 Å². The number of amides is 1. The number of aliphatic hydroxyl groups is 1. The van der Waals surface area contributed by atoms with E-state index in [-0.39, 0.29) is 17.9 Å². The Balaban J connectivity index is 2.15. The predicted molar refractivity (Wildman–Crippen MR) is 120 cm³/mol. The number of ether oxygens (including phenoxy) is 2. The molecule has 1 heterocycles. The van der Waals surface area contributed by atoms with Crippen molar-refractivity contribution in [2.45, 2.75) is 19.4 Å². The minimum atomic E-state index is -0.797. The molecule has 1 fully saturated rings. The van der Waals surface area contributed by atoms with E-state index in [1.165, 1.54) is 4.90 Å². The van der Waals surface area contributed by atoms with Crippen molar-refractivity contribution < 1.29 is 24.2 Å². The molecular formula is C23H23Cl2NO5. The Labute approximate surface area is 191 Å². The van der Waals surface area contributed by atoms with Crippen molar-refractivity contribution in [1.29, 1.82) is 0 Å². The molecule has 2 aromatic rings. The quantitative estimate of drug-likeness (QED) is 0.277. The van der Waals surface area contributed by atoms with E-state index in [1.807, 2.05) is 6.92 Å². The van der Waals surface area contributed by atoms with Gasteiger partial charge in [0, 0.05) is 25.8 Å². The number of carbonyl (C=O) groups excluding carboxylic acids is 2. The second-order valence-corrected chi connectivity index (χ2v) is 8.01. The maximum atomic E-state index is 13.0. The normalized spacial score (nSPS) is 18.0. The van der Waals surface area contributed by atoms with Crippen molar-refractivity contribution >= 4 is 40.7 Å². The summed E-state index contributed by atoms with van der Waals surface area (Å²) in [7, 11) is 3.12. The number of ketones is 1. The molecule has 1 amide bonds. The molecule has 0 aliphatic carbocycles. The van der Waals surface area contributed by atoms with Gasteiger partial charge in [0.05, 0.1) is 28.8 Å². The Kier molecular flexibility index (Phi) is 7.26. The molecule has 0 bridgehead atoms. The van der Waals surface area contributed by atoms with Crippen LogP contribution >= 0.6 is 23.2 Å². The zero-order valence-electron chi connectivity index (χ0n) is 17.4. The average molecular weight is 464 g/mol. The summed E-state index contributed by atoms with van der Waals surface area (Å²) in [5.41, 5.74) is 1.79. The van der Waals surface area contributed by atoms with Crippen molar-refractivity contribution in [3.8, 4) is 5.75 Å². The van der Waals surface area contributed by atoms with E-state index in [9.17, 15) is 14.7 Å². The van der Waals surface area contributed by atoms with Crippen molar-refractivity contribution in [1.82, 2.24) is 4.90 Å². The number of nitrogens with zero attached hydrogens (tertiary/aromatic N) is 1. The van der Waals surface area contributed by atoms with Crippen LogP contribution in [0.3, 0.4) is 0 Å². The molecule has 1 aliphatic heterocycles. The Morgan fingerprint density at radius 3 is 2.45 bits per heavy atom. The lowest BCUT2D eigenvalue weighted by Gasteiger charge is -2.25. The standard InChI is InChI=1S/C23H23Cl2NO5/c1-13-11-15(6-8-18(13)31-3)21(27)19-20(14-5-7-16(24)17(25)12-14)26(9-4-10-30-2)23(29)22(19)28/h5-8,11-12,20,27H,4,9-10H2,1-3H3/b21-19+. The van der Waals surface area contributed by atoms with Gasteiger partial charge in [0.2, 0.25) is 0 Å². The zero-order valence-corrected chi connectivity index (χ0v) is 19.0. The summed E-state index contributed by atoms with van der Waals surface area (Å²) >= 11 is 12.3. The summed E-state index contributed by atoms with van der Waals surface area (Å²) < 4.78 is 10.3. The molecule has 1 atom stereocenters. The fourth-order valence-corrected chi connectivity index (χ4v) is 4.01. The van der Waals surface area contributed by atoms with Gasteiger partial charge in [-0.3, -0.25) is 9.59 Å². The number of hydrogen-bond donors (Lipinski definition) is 1. The molecule has 3 rings (SSSR count). The van der Waals surface area contributed by atoms with Gasteiger partial charge >= 0.3 is 0 Å². The molecule has 0 aromatic heterocycles. The lowest BCUT2D eigenvalue weighted by molar-refractivity contribution is -0.140. The van der Waals surface area contributed by atoms with Gasteiger partial charge in [-0.1, -0.05) is 29.3 Å². The molecular weight excluding hydrogens is 441 g/mol. The number of halogens is 2. The molecule has 0 radical (unpaired) electrons. The van der Waals surface area contributed by atoms with Gasteiger partial charge in [-0.2, -0.15) is 0 Å². The lowest BCUT2D eigenvalue weighted by Crippen LogP contribution is -2.31. The molecule has 31 heavy (non-hydrogen) atoms. The fraction of sp³-hybridized carbons (Fsp3) is 0.304. The number of benzene rings is 2. The fourth-order valence-electron chi connectivity index (χ4n) is 3.70. The molecule has 1 N–H and O–H groups in total. The number of Topliss-reactive ketones (excluding diaryl/α,β-unsaturated/α-hetero) is 1.